The van der Waals surface area contributed by atoms with Gasteiger partial charge in [0.15, 0.2) is 0 Å². The molecule has 14 heavy (non-hydrogen) atoms. The number of hydrogen-bond donors (Lipinski definition) is 1. The standard InChI is InChI=1S/C10H14N2O2/c1-7-3-8(4-10(13)12(7)2)14-9-5-11-6-9/h3-4,9,11H,5-6H2,1-2H3. The molecule has 1 aliphatic rings. The van der Waals surface area contributed by atoms with E-state index in [1.807, 2.05) is 13.0 Å². The molecule has 76 valence electrons. The molecule has 0 atom stereocenters. The molecule has 2 heterocycles. The smallest absolute Gasteiger partial charge is 0.254 e. The van der Waals surface area contributed by atoms with Crippen LogP contribution in [0, 0.1) is 6.92 Å². The molecule has 0 spiro atoms. The molecule has 0 aliphatic carbocycles. The number of rotatable bonds is 2. The van der Waals surface area contributed by atoms with Crippen LogP contribution in [0.5, 0.6) is 5.75 Å². The van der Waals surface area contributed by atoms with E-state index in [1.54, 1.807) is 11.6 Å². The lowest BCUT2D eigenvalue weighted by Crippen LogP contribution is -2.50. The van der Waals surface area contributed by atoms with Gasteiger partial charge in [0.2, 0.25) is 0 Å². The minimum Gasteiger partial charge on any atom is -0.488 e. The summed E-state index contributed by atoms with van der Waals surface area (Å²) in [5, 5.41) is 3.11. The van der Waals surface area contributed by atoms with Crippen molar-refractivity contribution in [2.45, 2.75) is 13.0 Å². The first-order valence-electron chi connectivity index (χ1n) is 4.72. The van der Waals surface area contributed by atoms with E-state index < -0.39 is 0 Å². The first kappa shape index (κ1) is 9.27. The SMILES string of the molecule is Cc1cc(OC2CNC2)cc(=O)n1C. The summed E-state index contributed by atoms with van der Waals surface area (Å²) in [4.78, 5) is 11.4. The molecular weight excluding hydrogens is 180 g/mol. The number of hydrogen-bond acceptors (Lipinski definition) is 3. The molecule has 0 saturated carbocycles. The highest BCUT2D eigenvalue weighted by Crippen LogP contribution is 2.12. The third-order valence-electron chi connectivity index (χ3n) is 2.52. The zero-order valence-corrected chi connectivity index (χ0v) is 8.41. The van der Waals surface area contributed by atoms with E-state index in [0.29, 0.717) is 5.75 Å². The fourth-order valence-electron chi connectivity index (χ4n) is 1.34. The van der Waals surface area contributed by atoms with E-state index in [4.69, 9.17) is 4.74 Å². The molecule has 0 aromatic carbocycles. The summed E-state index contributed by atoms with van der Waals surface area (Å²) in [5.41, 5.74) is 0.895. The van der Waals surface area contributed by atoms with Crippen molar-refractivity contribution in [3.63, 3.8) is 0 Å². The van der Waals surface area contributed by atoms with E-state index in [2.05, 4.69) is 5.32 Å². The normalized spacial score (nSPS) is 16.4. The molecule has 0 bridgehead atoms. The Morgan fingerprint density at radius 3 is 2.71 bits per heavy atom. The van der Waals surface area contributed by atoms with Gasteiger partial charge >= 0.3 is 0 Å². The van der Waals surface area contributed by atoms with Gasteiger partial charge in [-0.05, 0) is 13.0 Å². The van der Waals surface area contributed by atoms with Gasteiger partial charge in [-0.15, -0.1) is 0 Å². The summed E-state index contributed by atoms with van der Waals surface area (Å²) in [7, 11) is 1.76. The molecule has 0 unspecified atom stereocenters. The van der Waals surface area contributed by atoms with Crippen LogP contribution < -0.4 is 15.6 Å². The Balaban J connectivity index is 2.21. The summed E-state index contributed by atoms with van der Waals surface area (Å²) >= 11 is 0. The van der Waals surface area contributed by atoms with Crippen LogP contribution in [-0.4, -0.2) is 23.8 Å². The fraction of sp³-hybridized carbons (Fsp3) is 0.500. The first-order valence-corrected chi connectivity index (χ1v) is 4.72. The second kappa shape index (κ2) is 3.46. The van der Waals surface area contributed by atoms with E-state index in [9.17, 15) is 4.79 Å². The maximum absolute atomic E-state index is 11.4. The van der Waals surface area contributed by atoms with E-state index in [0.717, 1.165) is 18.8 Å². The van der Waals surface area contributed by atoms with Crippen LogP contribution in [0.4, 0.5) is 0 Å². The highest BCUT2D eigenvalue weighted by molar-refractivity contribution is 5.23. The molecule has 1 aliphatic heterocycles. The van der Waals surface area contributed by atoms with Gasteiger partial charge in [-0.2, -0.15) is 0 Å². The predicted molar refractivity (Wildman–Crippen MR) is 53.7 cm³/mol. The number of aromatic nitrogens is 1. The monoisotopic (exact) mass is 194 g/mol. The van der Waals surface area contributed by atoms with Crippen molar-refractivity contribution >= 4 is 0 Å². The molecule has 1 saturated heterocycles. The third kappa shape index (κ3) is 1.65. The fourth-order valence-corrected chi connectivity index (χ4v) is 1.34. The largest absolute Gasteiger partial charge is 0.488 e. The number of aryl methyl sites for hydroxylation is 1. The number of nitrogens with one attached hydrogen (secondary N) is 1. The minimum absolute atomic E-state index is 0.0210. The van der Waals surface area contributed by atoms with Gasteiger partial charge in [0, 0.05) is 31.9 Å². The third-order valence-corrected chi connectivity index (χ3v) is 2.52. The van der Waals surface area contributed by atoms with Crippen LogP contribution >= 0.6 is 0 Å². The Bertz CT molecular complexity index is 394. The van der Waals surface area contributed by atoms with Crippen LogP contribution in [0.2, 0.25) is 0 Å². The van der Waals surface area contributed by atoms with Crippen molar-refractivity contribution in [2.75, 3.05) is 13.1 Å². The lowest BCUT2D eigenvalue weighted by molar-refractivity contribution is 0.141. The molecule has 2 rings (SSSR count). The average Bonchev–Trinajstić information content (AvgIpc) is 2.07. The minimum atomic E-state index is -0.0210. The van der Waals surface area contributed by atoms with Gasteiger partial charge in [0.25, 0.3) is 5.56 Å². The van der Waals surface area contributed by atoms with E-state index in [1.165, 1.54) is 6.07 Å². The van der Waals surface area contributed by atoms with Crippen LogP contribution in [0.3, 0.4) is 0 Å². The van der Waals surface area contributed by atoms with Crippen LogP contribution in [0.1, 0.15) is 5.69 Å². The molecule has 4 heteroatoms. The molecule has 1 N–H and O–H groups in total. The maximum Gasteiger partial charge on any atom is 0.254 e. The van der Waals surface area contributed by atoms with Gasteiger partial charge in [-0.3, -0.25) is 4.79 Å². The quantitative estimate of drug-likeness (QED) is 0.723. The zero-order chi connectivity index (χ0) is 10.1. The average molecular weight is 194 g/mol. The van der Waals surface area contributed by atoms with Crippen molar-refractivity contribution in [3.8, 4) is 5.75 Å². The van der Waals surface area contributed by atoms with E-state index in [-0.39, 0.29) is 11.7 Å². The van der Waals surface area contributed by atoms with Crippen molar-refractivity contribution in [3.05, 3.63) is 28.2 Å². The van der Waals surface area contributed by atoms with Gasteiger partial charge < -0.3 is 14.6 Å². The van der Waals surface area contributed by atoms with Crippen molar-refractivity contribution in [1.29, 1.82) is 0 Å². The summed E-state index contributed by atoms with van der Waals surface area (Å²) < 4.78 is 7.19. The maximum atomic E-state index is 11.4. The van der Waals surface area contributed by atoms with E-state index >= 15 is 0 Å². The molecule has 0 amide bonds. The van der Waals surface area contributed by atoms with Crippen LogP contribution in [0.25, 0.3) is 0 Å². The van der Waals surface area contributed by atoms with Crippen molar-refractivity contribution in [2.24, 2.45) is 7.05 Å². The number of nitrogens with zero attached hydrogens (tertiary/aromatic N) is 1. The Labute approximate surface area is 82.5 Å². The molecule has 4 nitrogen and oxygen atoms in total. The summed E-state index contributed by atoms with van der Waals surface area (Å²) in [6.07, 6.45) is 0.224. The second-order valence-corrected chi connectivity index (χ2v) is 3.63. The molecular formula is C10H14N2O2. The van der Waals surface area contributed by atoms with Gasteiger partial charge in [0.1, 0.15) is 11.9 Å². The highest BCUT2D eigenvalue weighted by Gasteiger charge is 2.18. The molecule has 1 aromatic heterocycles. The lowest BCUT2D eigenvalue weighted by Gasteiger charge is -2.27. The van der Waals surface area contributed by atoms with Crippen LogP contribution in [-0.2, 0) is 7.05 Å². The molecule has 0 radical (unpaired) electrons. The number of ether oxygens (including phenoxy) is 1. The Kier molecular flexibility index (Phi) is 2.29. The van der Waals surface area contributed by atoms with Gasteiger partial charge in [0.05, 0.1) is 0 Å². The Morgan fingerprint density at radius 2 is 2.21 bits per heavy atom. The van der Waals surface area contributed by atoms with Crippen LogP contribution in [0.15, 0.2) is 16.9 Å². The zero-order valence-electron chi connectivity index (χ0n) is 8.41. The topological polar surface area (TPSA) is 43.3 Å². The molecule has 1 fully saturated rings. The summed E-state index contributed by atoms with van der Waals surface area (Å²) in [6.45, 7) is 3.63. The summed E-state index contributed by atoms with van der Waals surface area (Å²) in [6, 6.07) is 3.42. The second-order valence-electron chi connectivity index (χ2n) is 3.63. The Morgan fingerprint density at radius 1 is 1.50 bits per heavy atom. The van der Waals surface area contributed by atoms with Crippen molar-refractivity contribution < 1.29 is 4.74 Å². The van der Waals surface area contributed by atoms with Crippen molar-refractivity contribution in [1.82, 2.24) is 9.88 Å². The predicted octanol–water partition coefficient (Wildman–Crippen LogP) is 0.0443. The summed E-state index contributed by atoms with van der Waals surface area (Å²) in [5.74, 6) is 0.678. The van der Waals surface area contributed by atoms with Gasteiger partial charge in [-0.1, -0.05) is 0 Å². The molecule has 1 aromatic rings. The Hall–Kier alpha value is -1.29. The van der Waals surface area contributed by atoms with Gasteiger partial charge in [-0.25, -0.2) is 0 Å². The lowest BCUT2D eigenvalue weighted by atomic mass is 10.2. The number of pyridine rings is 1. The first-order chi connectivity index (χ1) is 6.66. The highest BCUT2D eigenvalue weighted by atomic mass is 16.5.